The van der Waals surface area contributed by atoms with Crippen molar-refractivity contribution in [2.75, 3.05) is 26.7 Å². The third-order valence-corrected chi connectivity index (χ3v) is 4.21. The van der Waals surface area contributed by atoms with E-state index in [4.69, 9.17) is 4.52 Å². The number of nitrogens with one attached hydrogen (secondary N) is 2. The molecule has 0 spiro atoms. The summed E-state index contributed by atoms with van der Waals surface area (Å²) in [4.78, 5) is 6.33. The summed E-state index contributed by atoms with van der Waals surface area (Å²) >= 11 is 0. The first-order valence-electron chi connectivity index (χ1n) is 8.03. The molecule has 1 saturated heterocycles. The largest absolute Gasteiger partial charge is 0.407 e. The van der Waals surface area contributed by atoms with Crippen LogP contribution in [0.1, 0.15) is 29.4 Å². The summed E-state index contributed by atoms with van der Waals surface area (Å²) in [7, 11) is 1.95. The van der Waals surface area contributed by atoms with Crippen molar-refractivity contribution >= 4 is 12.4 Å². The lowest BCUT2D eigenvalue weighted by molar-refractivity contribution is -0.158. The highest BCUT2D eigenvalue weighted by Gasteiger charge is 2.40. The van der Waals surface area contributed by atoms with E-state index in [0.29, 0.717) is 12.4 Å². The van der Waals surface area contributed by atoms with E-state index in [2.05, 4.69) is 25.7 Å². The first-order valence-corrected chi connectivity index (χ1v) is 8.03. The molecule has 2 heterocycles. The van der Waals surface area contributed by atoms with Gasteiger partial charge in [-0.2, -0.15) is 18.2 Å². The van der Waals surface area contributed by atoms with E-state index in [0.717, 1.165) is 13.1 Å². The number of benzene rings is 1. The minimum atomic E-state index is -4.42. The number of piperazine rings is 1. The average molecular weight is 392 g/mol. The monoisotopic (exact) mass is 391 g/mol. The van der Waals surface area contributed by atoms with Crippen molar-refractivity contribution in [2.45, 2.75) is 24.8 Å². The van der Waals surface area contributed by atoms with Gasteiger partial charge in [-0.15, -0.1) is 12.4 Å². The number of alkyl halides is 3. The van der Waals surface area contributed by atoms with E-state index in [1.54, 1.807) is 18.2 Å². The Morgan fingerprint density at radius 3 is 2.73 bits per heavy atom. The Kier molecular flexibility index (Phi) is 6.99. The number of rotatable bonds is 5. The van der Waals surface area contributed by atoms with Crippen molar-refractivity contribution in [1.82, 2.24) is 25.7 Å². The second kappa shape index (κ2) is 8.81. The molecule has 1 aromatic carbocycles. The average Bonchev–Trinajstić information content (AvgIpc) is 3.04. The van der Waals surface area contributed by atoms with Crippen LogP contribution in [0.4, 0.5) is 13.2 Å². The Labute approximate surface area is 155 Å². The highest BCUT2D eigenvalue weighted by molar-refractivity contribution is 5.85. The molecule has 0 amide bonds. The molecule has 2 aromatic rings. The van der Waals surface area contributed by atoms with Crippen LogP contribution in [-0.4, -0.2) is 47.9 Å². The van der Waals surface area contributed by atoms with Gasteiger partial charge in [0.05, 0.1) is 12.6 Å². The molecule has 144 valence electrons. The summed E-state index contributed by atoms with van der Waals surface area (Å²) in [5.74, 6) is 0.619. The van der Waals surface area contributed by atoms with Crippen molar-refractivity contribution in [3.05, 3.63) is 47.6 Å². The molecule has 1 aliphatic rings. The minimum absolute atomic E-state index is 0. The van der Waals surface area contributed by atoms with E-state index in [1.165, 1.54) is 12.1 Å². The summed E-state index contributed by atoms with van der Waals surface area (Å²) in [5, 5.41) is 9.62. The topological polar surface area (TPSA) is 66.2 Å². The Hall–Kier alpha value is -1.68. The van der Waals surface area contributed by atoms with Crippen LogP contribution in [-0.2, 0) is 6.54 Å². The lowest BCUT2D eigenvalue weighted by Gasteiger charge is -2.30. The van der Waals surface area contributed by atoms with Gasteiger partial charge in [0.25, 0.3) is 0 Å². The quantitative estimate of drug-likeness (QED) is 0.816. The third-order valence-electron chi connectivity index (χ3n) is 4.21. The molecule has 1 aromatic heterocycles. The smallest absolute Gasteiger partial charge is 0.338 e. The van der Waals surface area contributed by atoms with Crippen LogP contribution in [0.3, 0.4) is 0 Å². The van der Waals surface area contributed by atoms with Crippen molar-refractivity contribution in [3.8, 4) is 0 Å². The minimum Gasteiger partial charge on any atom is -0.338 e. The summed E-state index contributed by atoms with van der Waals surface area (Å²) in [6.45, 7) is 2.24. The maximum atomic E-state index is 13.3. The molecular weight excluding hydrogens is 371 g/mol. The Morgan fingerprint density at radius 2 is 2.08 bits per heavy atom. The molecule has 2 atom stereocenters. The molecule has 1 aliphatic heterocycles. The van der Waals surface area contributed by atoms with Crippen LogP contribution >= 0.6 is 12.4 Å². The van der Waals surface area contributed by atoms with Gasteiger partial charge >= 0.3 is 6.18 Å². The maximum absolute atomic E-state index is 13.3. The number of halogens is 4. The van der Waals surface area contributed by atoms with Gasteiger partial charge in [-0.3, -0.25) is 10.2 Å². The summed E-state index contributed by atoms with van der Waals surface area (Å²) in [6.07, 6.45) is -4.42. The van der Waals surface area contributed by atoms with Gasteiger partial charge in [0.2, 0.25) is 5.89 Å². The van der Waals surface area contributed by atoms with E-state index in [9.17, 15) is 13.2 Å². The van der Waals surface area contributed by atoms with Crippen LogP contribution in [0.25, 0.3) is 0 Å². The molecule has 2 N–H and O–H groups in total. The van der Waals surface area contributed by atoms with Crippen molar-refractivity contribution < 1.29 is 17.7 Å². The fraction of sp³-hybridized carbons (Fsp3) is 0.500. The Balaban J connectivity index is 0.00000243. The molecular formula is C16H21ClF3N5O. The van der Waals surface area contributed by atoms with Gasteiger partial charge in [-0.25, -0.2) is 0 Å². The number of hydrogen-bond donors (Lipinski definition) is 2. The Morgan fingerprint density at radius 1 is 1.35 bits per heavy atom. The SMILES string of the molecule is CN1CCNCC1c1noc(CNC(c2ccccc2)C(F)(F)F)n1.Cl. The highest BCUT2D eigenvalue weighted by Crippen LogP contribution is 2.32. The predicted octanol–water partition coefficient (Wildman–Crippen LogP) is 2.46. The van der Waals surface area contributed by atoms with Crippen LogP contribution in [0, 0.1) is 0 Å². The fourth-order valence-electron chi connectivity index (χ4n) is 2.83. The van der Waals surface area contributed by atoms with Crippen molar-refractivity contribution in [2.24, 2.45) is 0 Å². The standard InChI is InChI=1S/C16H20F3N5O.ClH/c1-24-8-7-20-9-12(24)15-22-13(25-23-15)10-21-14(16(17,18)19)11-5-3-2-4-6-11;/h2-6,12,14,20-21H,7-10H2,1H3;1H. The normalized spacial score (nSPS) is 19.8. The molecule has 1 fully saturated rings. The second-order valence-corrected chi connectivity index (χ2v) is 6.01. The van der Waals surface area contributed by atoms with Crippen LogP contribution in [0.2, 0.25) is 0 Å². The molecule has 0 radical (unpaired) electrons. The second-order valence-electron chi connectivity index (χ2n) is 6.01. The number of likely N-dealkylation sites (N-methyl/N-ethyl adjacent to an activating group) is 1. The van der Waals surface area contributed by atoms with Gasteiger partial charge in [0.1, 0.15) is 6.04 Å². The van der Waals surface area contributed by atoms with E-state index >= 15 is 0 Å². The molecule has 26 heavy (non-hydrogen) atoms. The van der Waals surface area contributed by atoms with Crippen LogP contribution < -0.4 is 10.6 Å². The lowest BCUT2D eigenvalue weighted by atomic mass is 10.1. The van der Waals surface area contributed by atoms with E-state index in [1.807, 2.05) is 7.05 Å². The summed E-state index contributed by atoms with van der Waals surface area (Å²) in [5.41, 5.74) is 0.144. The molecule has 0 aliphatic carbocycles. The fourth-order valence-corrected chi connectivity index (χ4v) is 2.83. The summed E-state index contributed by atoms with van der Waals surface area (Å²) < 4.78 is 45.1. The van der Waals surface area contributed by atoms with Crippen LogP contribution in [0.5, 0.6) is 0 Å². The summed E-state index contributed by atoms with van der Waals surface area (Å²) in [6, 6.07) is 5.87. The Bertz CT molecular complexity index is 682. The zero-order valence-corrected chi connectivity index (χ0v) is 15.0. The highest BCUT2D eigenvalue weighted by atomic mass is 35.5. The number of aromatic nitrogens is 2. The molecule has 3 rings (SSSR count). The first kappa shape index (κ1) is 20.6. The van der Waals surface area contributed by atoms with Crippen LogP contribution in [0.15, 0.2) is 34.9 Å². The van der Waals surface area contributed by atoms with Gasteiger partial charge < -0.3 is 9.84 Å². The van der Waals surface area contributed by atoms with Gasteiger partial charge in [-0.1, -0.05) is 35.5 Å². The zero-order chi connectivity index (χ0) is 17.9. The maximum Gasteiger partial charge on any atom is 0.407 e. The zero-order valence-electron chi connectivity index (χ0n) is 14.2. The molecule has 2 unspecified atom stereocenters. The first-order chi connectivity index (χ1) is 11.9. The van der Waals surface area contributed by atoms with E-state index < -0.39 is 12.2 Å². The van der Waals surface area contributed by atoms with Crippen molar-refractivity contribution in [1.29, 1.82) is 0 Å². The van der Waals surface area contributed by atoms with E-state index in [-0.39, 0.29) is 36.4 Å². The lowest BCUT2D eigenvalue weighted by Crippen LogP contribution is -2.44. The molecule has 10 heteroatoms. The third kappa shape index (κ3) is 4.94. The van der Waals surface area contributed by atoms with Crippen molar-refractivity contribution in [3.63, 3.8) is 0 Å². The number of hydrogen-bond acceptors (Lipinski definition) is 6. The molecule has 0 bridgehead atoms. The van der Waals surface area contributed by atoms with Gasteiger partial charge in [0.15, 0.2) is 5.82 Å². The molecule has 0 saturated carbocycles. The number of nitrogens with zero attached hydrogens (tertiary/aromatic N) is 3. The van der Waals surface area contributed by atoms with Gasteiger partial charge in [-0.05, 0) is 12.6 Å². The predicted molar refractivity (Wildman–Crippen MR) is 91.9 cm³/mol. The molecule has 6 nitrogen and oxygen atoms in total. The van der Waals surface area contributed by atoms with Gasteiger partial charge in [0, 0.05) is 19.6 Å².